The summed E-state index contributed by atoms with van der Waals surface area (Å²) < 4.78 is 10.6. The number of carbonyl (C=O) groups is 2. The van der Waals surface area contributed by atoms with Gasteiger partial charge in [-0.05, 0) is 48.0 Å². The number of ether oxygens (including phenoxy) is 2. The smallest absolute Gasteiger partial charge is 0.410 e. The van der Waals surface area contributed by atoms with Crippen molar-refractivity contribution < 1.29 is 24.2 Å². The van der Waals surface area contributed by atoms with Crippen molar-refractivity contribution in [3.8, 4) is 0 Å². The van der Waals surface area contributed by atoms with Crippen LogP contribution in [0.1, 0.15) is 48.0 Å². The van der Waals surface area contributed by atoms with Crippen LogP contribution in [-0.2, 0) is 14.3 Å². The Kier molecular flexibility index (Phi) is 5.25. The van der Waals surface area contributed by atoms with Crippen LogP contribution >= 0.6 is 0 Å². The number of rotatable bonds is 2. The fourth-order valence-corrected chi connectivity index (χ4v) is 1.98. The highest BCUT2D eigenvalue weighted by Gasteiger charge is 2.38. The first-order valence-electron chi connectivity index (χ1n) is 7.25. The lowest BCUT2D eigenvalue weighted by Crippen LogP contribution is -2.42. The summed E-state index contributed by atoms with van der Waals surface area (Å²) in [7, 11) is 0. The zero-order valence-electron chi connectivity index (χ0n) is 13.8. The number of amides is 1. The summed E-state index contributed by atoms with van der Waals surface area (Å²) in [5.41, 5.74) is -1.19. The van der Waals surface area contributed by atoms with Gasteiger partial charge in [0.25, 0.3) is 0 Å². The SMILES string of the molecule is CC(C)(C)OC(=O)N1C[C@@H](O)C[C@H]1COC(=O)C(C)(C)C. The number of hydrogen-bond donors (Lipinski definition) is 1. The monoisotopic (exact) mass is 301 g/mol. The van der Waals surface area contributed by atoms with E-state index >= 15 is 0 Å². The lowest BCUT2D eigenvalue weighted by molar-refractivity contribution is -0.154. The first-order valence-corrected chi connectivity index (χ1v) is 7.25. The molecule has 0 aromatic carbocycles. The van der Waals surface area contributed by atoms with E-state index in [1.807, 2.05) is 0 Å². The Labute approximate surface area is 126 Å². The van der Waals surface area contributed by atoms with Crippen molar-refractivity contribution in [2.24, 2.45) is 5.41 Å². The zero-order chi connectivity index (χ0) is 16.4. The summed E-state index contributed by atoms with van der Waals surface area (Å²) in [6.45, 7) is 10.9. The van der Waals surface area contributed by atoms with Gasteiger partial charge >= 0.3 is 12.1 Å². The number of esters is 1. The normalized spacial score (nSPS) is 23.1. The van der Waals surface area contributed by atoms with Gasteiger partial charge in [-0.25, -0.2) is 4.79 Å². The first kappa shape index (κ1) is 17.8. The fraction of sp³-hybridized carbons (Fsp3) is 0.867. The van der Waals surface area contributed by atoms with Gasteiger partial charge in [0.1, 0.15) is 12.2 Å². The van der Waals surface area contributed by atoms with Crippen molar-refractivity contribution >= 4 is 12.1 Å². The molecule has 0 radical (unpaired) electrons. The van der Waals surface area contributed by atoms with Crippen LogP contribution in [0.25, 0.3) is 0 Å². The molecule has 1 aliphatic heterocycles. The Bertz CT molecular complexity index is 394. The topological polar surface area (TPSA) is 76.1 Å². The van der Waals surface area contributed by atoms with E-state index < -0.39 is 23.2 Å². The van der Waals surface area contributed by atoms with E-state index in [-0.39, 0.29) is 25.2 Å². The van der Waals surface area contributed by atoms with Gasteiger partial charge in [-0.15, -0.1) is 0 Å². The molecule has 0 saturated carbocycles. The van der Waals surface area contributed by atoms with Crippen LogP contribution in [0.2, 0.25) is 0 Å². The van der Waals surface area contributed by atoms with Crippen molar-refractivity contribution in [3.63, 3.8) is 0 Å². The molecule has 6 heteroatoms. The van der Waals surface area contributed by atoms with Gasteiger partial charge in [0, 0.05) is 0 Å². The number of nitrogens with zero attached hydrogens (tertiary/aromatic N) is 1. The number of carbonyl (C=O) groups excluding carboxylic acids is 2. The average molecular weight is 301 g/mol. The highest BCUT2D eigenvalue weighted by Crippen LogP contribution is 2.23. The summed E-state index contributed by atoms with van der Waals surface area (Å²) >= 11 is 0. The second-order valence-electron chi connectivity index (χ2n) is 7.52. The quantitative estimate of drug-likeness (QED) is 0.789. The molecule has 0 aromatic rings. The molecule has 0 bridgehead atoms. The van der Waals surface area contributed by atoms with Crippen LogP contribution in [0.3, 0.4) is 0 Å². The Morgan fingerprint density at radius 1 is 1.19 bits per heavy atom. The molecule has 1 aliphatic rings. The van der Waals surface area contributed by atoms with Crippen molar-refractivity contribution in [3.05, 3.63) is 0 Å². The van der Waals surface area contributed by atoms with E-state index in [4.69, 9.17) is 9.47 Å². The van der Waals surface area contributed by atoms with E-state index in [1.165, 1.54) is 4.90 Å². The molecular formula is C15H27NO5. The molecule has 1 fully saturated rings. The van der Waals surface area contributed by atoms with Gasteiger partial charge in [-0.1, -0.05) is 0 Å². The minimum absolute atomic E-state index is 0.0758. The first-order chi connectivity index (χ1) is 9.40. The lowest BCUT2D eigenvalue weighted by Gasteiger charge is -2.28. The van der Waals surface area contributed by atoms with Crippen LogP contribution < -0.4 is 0 Å². The standard InChI is InChI=1S/C15H27NO5/c1-14(2,3)12(18)20-9-10-7-11(17)8-16(10)13(19)21-15(4,5)6/h10-11,17H,7-9H2,1-6H3/t10-,11-/m0/s1. The van der Waals surface area contributed by atoms with Crippen molar-refractivity contribution in [1.29, 1.82) is 0 Å². The van der Waals surface area contributed by atoms with Crippen LogP contribution in [0.4, 0.5) is 4.79 Å². The maximum absolute atomic E-state index is 12.1. The Balaban J connectivity index is 2.63. The number of likely N-dealkylation sites (tertiary alicyclic amines) is 1. The van der Waals surface area contributed by atoms with Gasteiger partial charge in [-0.3, -0.25) is 9.69 Å². The van der Waals surface area contributed by atoms with Crippen molar-refractivity contribution in [2.75, 3.05) is 13.2 Å². The molecule has 6 nitrogen and oxygen atoms in total. The maximum atomic E-state index is 12.1. The molecule has 1 saturated heterocycles. The van der Waals surface area contributed by atoms with Gasteiger partial charge < -0.3 is 14.6 Å². The predicted octanol–water partition coefficient (Wildman–Crippen LogP) is 1.95. The Morgan fingerprint density at radius 2 is 1.76 bits per heavy atom. The van der Waals surface area contributed by atoms with Crippen LogP contribution in [0.5, 0.6) is 0 Å². The Hall–Kier alpha value is -1.30. The average Bonchev–Trinajstić information content (AvgIpc) is 2.63. The van der Waals surface area contributed by atoms with Gasteiger partial charge in [0.2, 0.25) is 0 Å². The second-order valence-corrected chi connectivity index (χ2v) is 7.52. The van der Waals surface area contributed by atoms with Gasteiger partial charge in [0.05, 0.1) is 24.1 Å². The molecule has 0 unspecified atom stereocenters. The molecule has 1 rings (SSSR count). The van der Waals surface area contributed by atoms with E-state index in [9.17, 15) is 14.7 Å². The molecule has 0 spiro atoms. The minimum atomic E-state index is -0.615. The number of hydrogen-bond acceptors (Lipinski definition) is 5. The molecular weight excluding hydrogens is 274 g/mol. The van der Waals surface area contributed by atoms with Gasteiger partial charge in [0.15, 0.2) is 0 Å². The van der Waals surface area contributed by atoms with E-state index in [2.05, 4.69) is 0 Å². The summed E-state index contributed by atoms with van der Waals surface area (Å²) in [5.74, 6) is -0.326. The van der Waals surface area contributed by atoms with Crippen molar-refractivity contribution in [2.45, 2.75) is 65.7 Å². The summed E-state index contributed by atoms with van der Waals surface area (Å²) in [5, 5.41) is 9.75. The number of aliphatic hydroxyl groups excluding tert-OH is 1. The minimum Gasteiger partial charge on any atom is -0.463 e. The highest BCUT2D eigenvalue weighted by atomic mass is 16.6. The fourth-order valence-electron chi connectivity index (χ4n) is 1.98. The van der Waals surface area contributed by atoms with E-state index in [0.29, 0.717) is 6.42 Å². The van der Waals surface area contributed by atoms with E-state index in [0.717, 1.165) is 0 Å². The van der Waals surface area contributed by atoms with Gasteiger partial charge in [-0.2, -0.15) is 0 Å². The maximum Gasteiger partial charge on any atom is 0.410 e. The second kappa shape index (κ2) is 6.22. The third-order valence-corrected chi connectivity index (χ3v) is 3.04. The van der Waals surface area contributed by atoms with Crippen LogP contribution in [0, 0.1) is 5.41 Å². The predicted molar refractivity (Wildman–Crippen MR) is 77.8 cm³/mol. The molecule has 1 N–H and O–H groups in total. The highest BCUT2D eigenvalue weighted by molar-refractivity contribution is 5.75. The third kappa shape index (κ3) is 5.53. The van der Waals surface area contributed by atoms with Crippen LogP contribution in [0.15, 0.2) is 0 Å². The largest absolute Gasteiger partial charge is 0.463 e. The summed E-state index contributed by atoms with van der Waals surface area (Å²) in [6.07, 6.45) is -0.719. The third-order valence-electron chi connectivity index (χ3n) is 3.04. The molecule has 122 valence electrons. The Morgan fingerprint density at radius 3 is 2.24 bits per heavy atom. The number of β-amino-alcohol motifs (C(OH)–C–C–N with tert-alkyl or cyclic N) is 1. The van der Waals surface area contributed by atoms with E-state index in [1.54, 1.807) is 41.5 Å². The molecule has 21 heavy (non-hydrogen) atoms. The van der Waals surface area contributed by atoms with Crippen molar-refractivity contribution in [1.82, 2.24) is 4.90 Å². The zero-order valence-corrected chi connectivity index (χ0v) is 13.8. The molecule has 0 aromatic heterocycles. The number of aliphatic hydroxyl groups is 1. The molecule has 2 atom stereocenters. The summed E-state index contributed by atoms with van der Waals surface area (Å²) in [6, 6.07) is -0.346. The van der Waals surface area contributed by atoms with Crippen LogP contribution in [-0.4, -0.2) is 53.0 Å². The molecule has 0 aliphatic carbocycles. The molecule has 1 heterocycles. The molecule has 1 amide bonds. The summed E-state index contributed by atoms with van der Waals surface area (Å²) in [4.78, 5) is 25.3. The lowest BCUT2D eigenvalue weighted by atomic mass is 9.97.